The first-order valence-corrected chi connectivity index (χ1v) is 14.7. The minimum absolute atomic E-state index is 0.147. The highest BCUT2D eigenvalue weighted by Gasteiger charge is 2.29. The molecule has 2 aromatic carbocycles. The third-order valence-electron chi connectivity index (χ3n) is 7.69. The molecular formula is C30H41N4O4P. The number of nitrogens with two attached hydrogens (primary N) is 1. The maximum absolute atomic E-state index is 13.2. The zero-order valence-electron chi connectivity index (χ0n) is 23.2. The molecule has 39 heavy (non-hydrogen) atoms. The Labute approximate surface area is 233 Å². The van der Waals surface area contributed by atoms with Crippen LogP contribution >= 0.6 is 9.24 Å². The summed E-state index contributed by atoms with van der Waals surface area (Å²) in [5, 5.41) is 5.78. The van der Waals surface area contributed by atoms with E-state index in [4.69, 9.17) is 10.5 Å². The van der Waals surface area contributed by atoms with Gasteiger partial charge in [0.15, 0.2) is 6.10 Å². The molecule has 0 radical (unpaired) electrons. The molecule has 2 aliphatic rings. The van der Waals surface area contributed by atoms with Crippen molar-refractivity contribution in [3.05, 3.63) is 53.1 Å². The molecule has 3 amide bonds. The predicted octanol–water partition coefficient (Wildman–Crippen LogP) is 4.58. The third kappa shape index (κ3) is 7.37. The third-order valence-corrected chi connectivity index (χ3v) is 8.13. The highest BCUT2D eigenvalue weighted by Crippen LogP contribution is 2.32. The number of benzene rings is 2. The molecule has 0 aromatic heterocycles. The summed E-state index contributed by atoms with van der Waals surface area (Å²) >= 11 is 0. The summed E-state index contributed by atoms with van der Waals surface area (Å²) in [6.45, 7) is 7.95. The Morgan fingerprint density at radius 3 is 2.72 bits per heavy atom. The molecule has 0 aliphatic carbocycles. The number of nitrogens with one attached hydrogen (secondary N) is 2. The lowest BCUT2D eigenvalue weighted by molar-refractivity contribution is -0.123. The van der Waals surface area contributed by atoms with Gasteiger partial charge in [-0.1, -0.05) is 19.9 Å². The van der Waals surface area contributed by atoms with Crippen LogP contribution in [0.5, 0.6) is 5.75 Å². The van der Waals surface area contributed by atoms with Crippen molar-refractivity contribution >= 4 is 38.3 Å². The number of carbonyl (C=O) groups excluding carboxylic acids is 3. The number of hydrogen-bond donors (Lipinski definition) is 3. The van der Waals surface area contributed by atoms with Gasteiger partial charge in [-0.15, -0.1) is 9.24 Å². The molecule has 0 saturated carbocycles. The van der Waals surface area contributed by atoms with Gasteiger partial charge in [0.1, 0.15) is 5.75 Å². The number of amides is 3. The van der Waals surface area contributed by atoms with Crippen LogP contribution in [0.25, 0.3) is 0 Å². The highest BCUT2D eigenvalue weighted by atomic mass is 31.0. The normalized spacial score (nSPS) is 19.8. The molecule has 0 bridgehead atoms. The van der Waals surface area contributed by atoms with Crippen LogP contribution in [0.4, 0.5) is 11.4 Å². The molecule has 2 aromatic rings. The van der Waals surface area contributed by atoms with Gasteiger partial charge in [-0.2, -0.15) is 0 Å². The second-order valence-corrected chi connectivity index (χ2v) is 11.6. The fourth-order valence-corrected chi connectivity index (χ4v) is 6.09. The lowest BCUT2D eigenvalue weighted by atomic mass is 9.86. The van der Waals surface area contributed by atoms with E-state index in [1.807, 2.05) is 18.2 Å². The van der Waals surface area contributed by atoms with E-state index in [1.165, 1.54) is 11.1 Å². The Balaban J connectivity index is 1.47. The molecular weight excluding hydrogens is 511 g/mol. The van der Waals surface area contributed by atoms with Gasteiger partial charge in [-0.25, -0.2) is 0 Å². The van der Waals surface area contributed by atoms with Crippen molar-refractivity contribution in [2.45, 2.75) is 71.2 Å². The second kappa shape index (κ2) is 12.9. The number of ether oxygens (including phenoxy) is 1. The first-order valence-electron chi connectivity index (χ1n) is 13.9. The SMILES string of the molecule is CC(C)CC(CCN1CCCC1C(N)=O)Cc1cc(C(=O)Nc2ccc3c(c2)NC(=O)C(C)O3)ccc1CP. The van der Waals surface area contributed by atoms with Gasteiger partial charge >= 0.3 is 0 Å². The van der Waals surface area contributed by atoms with Crippen molar-refractivity contribution in [3.63, 3.8) is 0 Å². The number of primary amides is 1. The Kier molecular flexibility index (Phi) is 9.62. The Morgan fingerprint density at radius 1 is 1.21 bits per heavy atom. The highest BCUT2D eigenvalue weighted by molar-refractivity contribution is 7.15. The molecule has 1 saturated heterocycles. The fourth-order valence-electron chi connectivity index (χ4n) is 5.69. The summed E-state index contributed by atoms with van der Waals surface area (Å²) in [6.07, 6.45) is 5.05. The molecule has 9 heteroatoms. The van der Waals surface area contributed by atoms with Crippen LogP contribution in [-0.2, 0) is 22.2 Å². The lowest BCUT2D eigenvalue weighted by Crippen LogP contribution is -2.41. The largest absolute Gasteiger partial charge is 0.479 e. The molecule has 4 N–H and O–H groups in total. The zero-order valence-corrected chi connectivity index (χ0v) is 24.3. The van der Waals surface area contributed by atoms with Gasteiger partial charge in [-0.05, 0) is 112 Å². The van der Waals surface area contributed by atoms with Crippen molar-refractivity contribution in [2.75, 3.05) is 23.7 Å². The van der Waals surface area contributed by atoms with Gasteiger partial charge in [0.2, 0.25) is 5.91 Å². The monoisotopic (exact) mass is 552 g/mol. The van der Waals surface area contributed by atoms with Crippen LogP contribution in [0.3, 0.4) is 0 Å². The number of hydrogen-bond acceptors (Lipinski definition) is 5. The molecule has 2 aliphatic heterocycles. The Bertz CT molecular complexity index is 1220. The lowest BCUT2D eigenvalue weighted by Gasteiger charge is -2.26. The average molecular weight is 553 g/mol. The molecule has 4 unspecified atom stereocenters. The predicted molar refractivity (Wildman–Crippen MR) is 158 cm³/mol. The van der Waals surface area contributed by atoms with Crippen LogP contribution in [0.1, 0.15) is 67.9 Å². The van der Waals surface area contributed by atoms with Gasteiger partial charge < -0.3 is 21.1 Å². The average Bonchev–Trinajstić information content (AvgIpc) is 3.37. The Morgan fingerprint density at radius 2 is 2.00 bits per heavy atom. The van der Waals surface area contributed by atoms with Crippen LogP contribution in [0, 0.1) is 11.8 Å². The van der Waals surface area contributed by atoms with Crippen LogP contribution in [0.2, 0.25) is 0 Å². The standard InChI is InChI=1S/C30H41N4O4P/c1-18(2)13-20(10-12-34-11-4-5-26(34)28(31)35)14-23-15-21(6-7-22(23)17-39)30(37)32-24-8-9-27-25(16-24)33-29(36)19(3)38-27/h6-9,15-16,18-20,26H,4-5,10-14,17,39H2,1-3H3,(H2,31,35)(H,32,37)(H,33,36). The van der Waals surface area contributed by atoms with Crippen molar-refractivity contribution in [1.82, 2.24) is 4.90 Å². The summed E-state index contributed by atoms with van der Waals surface area (Å²) in [6, 6.07) is 11.0. The van der Waals surface area contributed by atoms with E-state index in [0.717, 1.165) is 51.4 Å². The number of fused-ring (bicyclic) bond motifs is 1. The molecule has 0 spiro atoms. The van der Waals surface area contributed by atoms with E-state index in [-0.39, 0.29) is 23.8 Å². The van der Waals surface area contributed by atoms with E-state index in [2.05, 4.69) is 38.6 Å². The summed E-state index contributed by atoms with van der Waals surface area (Å²) in [4.78, 5) is 39.3. The zero-order chi connectivity index (χ0) is 28.1. The van der Waals surface area contributed by atoms with Crippen molar-refractivity contribution in [3.8, 4) is 5.75 Å². The number of likely N-dealkylation sites (tertiary alicyclic amines) is 1. The Hall–Kier alpha value is -2.96. The van der Waals surface area contributed by atoms with E-state index >= 15 is 0 Å². The summed E-state index contributed by atoms with van der Waals surface area (Å²) in [5.41, 5.74) is 9.75. The van der Waals surface area contributed by atoms with Gasteiger partial charge in [0, 0.05) is 11.3 Å². The first-order chi connectivity index (χ1) is 18.6. The maximum atomic E-state index is 13.2. The van der Waals surface area contributed by atoms with Gasteiger partial charge in [0.25, 0.3) is 11.8 Å². The van der Waals surface area contributed by atoms with E-state index in [0.29, 0.717) is 34.5 Å². The van der Waals surface area contributed by atoms with Crippen molar-refractivity contribution < 1.29 is 19.1 Å². The van der Waals surface area contributed by atoms with E-state index < -0.39 is 6.10 Å². The molecule has 4 rings (SSSR count). The van der Waals surface area contributed by atoms with Crippen molar-refractivity contribution in [1.29, 1.82) is 0 Å². The number of anilines is 2. The minimum Gasteiger partial charge on any atom is -0.479 e. The van der Waals surface area contributed by atoms with Crippen molar-refractivity contribution in [2.24, 2.45) is 17.6 Å². The molecule has 4 atom stereocenters. The smallest absolute Gasteiger partial charge is 0.265 e. The number of carbonyl (C=O) groups is 3. The van der Waals surface area contributed by atoms with E-state index in [1.54, 1.807) is 25.1 Å². The van der Waals surface area contributed by atoms with Gasteiger partial charge in [-0.3, -0.25) is 19.3 Å². The maximum Gasteiger partial charge on any atom is 0.265 e. The minimum atomic E-state index is -0.550. The first kappa shape index (κ1) is 29.0. The van der Waals surface area contributed by atoms with E-state index in [9.17, 15) is 14.4 Å². The fraction of sp³-hybridized carbons (Fsp3) is 0.500. The van der Waals surface area contributed by atoms with Gasteiger partial charge in [0.05, 0.1) is 11.7 Å². The van der Waals surface area contributed by atoms with Crippen LogP contribution in [-0.4, -0.2) is 47.9 Å². The quantitative estimate of drug-likeness (QED) is 0.353. The second-order valence-electron chi connectivity index (χ2n) is 11.2. The number of rotatable bonds is 11. The topological polar surface area (TPSA) is 114 Å². The van der Waals surface area contributed by atoms with Crippen LogP contribution < -0.4 is 21.1 Å². The number of nitrogens with zero attached hydrogens (tertiary/aromatic N) is 1. The molecule has 210 valence electrons. The summed E-state index contributed by atoms with van der Waals surface area (Å²) < 4.78 is 5.61. The van der Waals surface area contributed by atoms with Crippen LogP contribution in [0.15, 0.2) is 36.4 Å². The molecule has 8 nitrogen and oxygen atoms in total. The molecule has 1 fully saturated rings. The molecule has 2 heterocycles. The summed E-state index contributed by atoms with van der Waals surface area (Å²) in [7, 11) is 2.80. The summed E-state index contributed by atoms with van der Waals surface area (Å²) in [5.74, 6) is 0.918.